The lowest BCUT2D eigenvalue weighted by atomic mass is 9.33. The van der Waals surface area contributed by atoms with Crippen LogP contribution in [0.3, 0.4) is 0 Å². The maximum atomic E-state index is 2.65. The van der Waals surface area contributed by atoms with Gasteiger partial charge in [0.1, 0.15) is 0 Å². The lowest BCUT2D eigenvalue weighted by Gasteiger charge is -2.45. The van der Waals surface area contributed by atoms with E-state index >= 15 is 0 Å². The van der Waals surface area contributed by atoms with Crippen molar-refractivity contribution in [1.29, 1.82) is 0 Å². The molecule has 2 aliphatic heterocycles. The summed E-state index contributed by atoms with van der Waals surface area (Å²) >= 11 is 0. The van der Waals surface area contributed by atoms with E-state index in [4.69, 9.17) is 0 Å². The highest BCUT2D eigenvalue weighted by atomic mass is 15.2. The third-order valence-electron chi connectivity index (χ3n) is 19.6. The molecule has 2 heterocycles. The SMILES string of the molecule is CC(C)(c1ccccc1)c1cc(N2c3cc(-c4ccccc4)ccc3B3c4ccc(-c5ccccc5)cc4N(c4cc(C(C)(C)c5ccccc5)cc(C(C)(C)c5ccccc5)c4)c4cc(-c5ccccc5)cc2c43)cc(C(C)(C)c2ccccc2)c1. The molecule has 2 aliphatic rings. The Morgan fingerprint density at radius 2 is 0.471 bits per heavy atom. The first-order chi connectivity index (χ1) is 42.2. The van der Waals surface area contributed by atoms with Gasteiger partial charge in [0.15, 0.2) is 0 Å². The van der Waals surface area contributed by atoms with Crippen LogP contribution in [0.15, 0.2) is 297 Å². The zero-order valence-corrected chi connectivity index (χ0v) is 51.3. The largest absolute Gasteiger partial charge is 0.311 e. The topological polar surface area (TPSA) is 6.48 Å². The third-order valence-corrected chi connectivity index (χ3v) is 19.6. The summed E-state index contributed by atoms with van der Waals surface area (Å²) in [5, 5.41) is 0. The fourth-order valence-electron chi connectivity index (χ4n) is 14.0. The Morgan fingerprint density at radius 1 is 0.218 bits per heavy atom. The molecule has 0 fully saturated rings. The molecule has 0 bridgehead atoms. The minimum atomic E-state index is -0.354. The molecule has 0 amide bonds. The summed E-state index contributed by atoms with van der Waals surface area (Å²) in [6.07, 6.45) is 0. The molecule has 14 rings (SSSR count). The zero-order chi connectivity index (χ0) is 59.7. The van der Waals surface area contributed by atoms with E-state index in [1.54, 1.807) is 0 Å². The van der Waals surface area contributed by atoms with Crippen LogP contribution in [0.5, 0.6) is 0 Å². The Kier molecular flexibility index (Phi) is 13.7. The maximum absolute atomic E-state index is 2.65. The molecule has 0 aliphatic carbocycles. The van der Waals surface area contributed by atoms with Crippen LogP contribution in [0.4, 0.5) is 34.1 Å². The van der Waals surface area contributed by atoms with Crippen molar-refractivity contribution in [3.63, 3.8) is 0 Å². The Morgan fingerprint density at radius 3 is 0.759 bits per heavy atom. The molecule has 0 unspecified atom stereocenters. The highest BCUT2D eigenvalue weighted by Gasteiger charge is 2.45. The molecule has 87 heavy (non-hydrogen) atoms. The molecule has 0 aromatic heterocycles. The molecule has 0 N–H and O–H groups in total. The van der Waals surface area contributed by atoms with Gasteiger partial charge >= 0.3 is 0 Å². The molecule has 0 atom stereocenters. The van der Waals surface area contributed by atoms with E-state index < -0.39 is 0 Å². The van der Waals surface area contributed by atoms with Crippen molar-refractivity contribution in [1.82, 2.24) is 0 Å². The Balaban J connectivity index is 1.12. The average molecular weight is 1120 g/mol. The van der Waals surface area contributed by atoms with Crippen molar-refractivity contribution < 1.29 is 0 Å². The summed E-state index contributed by atoms with van der Waals surface area (Å²) in [6, 6.07) is 112. The number of hydrogen-bond donors (Lipinski definition) is 0. The molecular weight excluding hydrogens is 1050 g/mol. The van der Waals surface area contributed by atoms with Crippen LogP contribution < -0.4 is 26.2 Å². The van der Waals surface area contributed by atoms with E-state index in [9.17, 15) is 0 Å². The van der Waals surface area contributed by atoms with Gasteiger partial charge in [0, 0.05) is 55.8 Å². The van der Waals surface area contributed by atoms with E-state index in [1.807, 2.05) is 0 Å². The molecule has 0 saturated heterocycles. The predicted molar refractivity (Wildman–Crippen MR) is 371 cm³/mol. The number of hydrogen-bond acceptors (Lipinski definition) is 2. The Labute approximate surface area is 516 Å². The molecule has 2 nitrogen and oxygen atoms in total. The van der Waals surface area contributed by atoms with Gasteiger partial charge < -0.3 is 9.80 Å². The monoisotopic (exact) mass is 1120 g/mol. The van der Waals surface area contributed by atoms with Crippen LogP contribution in [0, 0.1) is 0 Å². The Hall–Kier alpha value is -9.70. The van der Waals surface area contributed by atoms with E-state index in [0.717, 1.165) is 22.5 Å². The molecule has 0 saturated carbocycles. The van der Waals surface area contributed by atoms with Crippen molar-refractivity contribution in [3.05, 3.63) is 342 Å². The second-order valence-electron chi connectivity index (χ2n) is 26.2. The van der Waals surface area contributed by atoms with Crippen LogP contribution in [-0.4, -0.2) is 6.71 Å². The van der Waals surface area contributed by atoms with Gasteiger partial charge in [0.2, 0.25) is 0 Å². The standard InChI is InChI=1S/C84H73BN2/c1-81(2,64-36-22-12-23-37-64)68-52-69(82(3,4)65-38-24-13-25-39-65)55-72(54-68)86-76-48-61(58-30-16-9-17-31-58)44-46-74(76)85-75-47-45-62(59-32-18-10-19-33-59)49-77(75)87(79-51-63(50-78(86)80(79)85)60-34-20-11-21-35-60)73-56-70(83(5,6)66-40-26-14-27-41-66)53-71(57-73)84(7,8)67-42-28-15-29-43-67/h9-57H,1-8H3. The van der Waals surface area contributed by atoms with Gasteiger partial charge in [0.05, 0.1) is 0 Å². The lowest BCUT2D eigenvalue weighted by Crippen LogP contribution is -2.61. The molecule has 0 radical (unpaired) electrons. The molecule has 12 aromatic rings. The van der Waals surface area contributed by atoms with Gasteiger partial charge in [-0.1, -0.05) is 304 Å². The second kappa shape index (κ2) is 21.7. The minimum Gasteiger partial charge on any atom is -0.311 e. The molecule has 422 valence electrons. The van der Waals surface area contributed by atoms with Crippen LogP contribution in [0.2, 0.25) is 0 Å². The van der Waals surface area contributed by atoms with E-state index in [1.165, 1.54) is 106 Å². The van der Waals surface area contributed by atoms with E-state index in [2.05, 4.69) is 362 Å². The van der Waals surface area contributed by atoms with Crippen LogP contribution in [-0.2, 0) is 21.7 Å². The predicted octanol–water partition coefficient (Wildman–Crippen LogP) is 20.1. The summed E-state index contributed by atoms with van der Waals surface area (Å²) < 4.78 is 0. The summed E-state index contributed by atoms with van der Waals surface area (Å²) in [6.45, 7) is 19.0. The highest BCUT2D eigenvalue weighted by Crippen LogP contribution is 2.51. The van der Waals surface area contributed by atoms with E-state index in [0.29, 0.717) is 0 Å². The van der Waals surface area contributed by atoms with Crippen molar-refractivity contribution in [3.8, 4) is 33.4 Å². The van der Waals surface area contributed by atoms with Crippen LogP contribution >= 0.6 is 0 Å². The number of rotatable bonds is 13. The fraction of sp³-hybridized carbons (Fsp3) is 0.143. The quantitative estimate of drug-likeness (QED) is 0.106. The summed E-state index contributed by atoms with van der Waals surface area (Å²) in [5.41, 5.74) is 26.5. The highest BCUT2D eigenvalue weighted by molar-refractivity contribution is 7.00. The Bertz CT molecular complexity index is 4070. The average Bonchev–Trinajstić information content (AvgIpc) is 0.720. The van der Waals surface area contributed by atoms with Gasteiger partial charge in [-0.15, -0.1) is 0 Å². The summed E-state index contributed by atoms with van der Waals surface area (Å²) in [5.74, 6) is 0. The number of benzene rings is 12. The second-order valence-corrected chi connectivity index (χ2v) is 26.2. The summed E-state index contributed by atoms with van der Waals surface area (Å²) in [7, 11) is 0. The lowest BCUT2D eigenvalue weighted by molar-refractivity contribution is 0.617. The number of anilines is 6. The molecule has 12 aromatic carbocycles. The van der Waals surface area contributed by atoms with Crippen molar-refractivity contribution in [2.75, 3.05) is 9.80 Å². The third kappa shape index (κ3) is 9.71. The maximum Gasteiger partial charge on any atom is 0.252 e. The van der Waals surface area contributed by atoms with Crippen LogP contribution in [0.1, 0.15) is 99.9 Å². The normalized spacial score (nSPS) is 13.0. The van der Waals surface area contributed by atoms with Crippen molar-refractivity contribution >= 4 is 57.2 Å². The number of fused-ring (bicyclic) bond motifs is 4. The molecular formula is C84H73BN2. The first-order valence-corrected chi connectivity index (χ1v) is 30.9. The first-order valence-electron chi connectivity index (χ1n) is 30.9. The number of nitrogens with zero attached hydrogens (tertiary/aromatic N) is 2. The molecule has 3 heteroatoms. The fourth-order valence-corrected chi connectivity index (χ4v) is 14.0. The zero-order valence-electron chi connectivity index (χ0n) is 51.3. The van der Waals surface area contributed by atoms with Crippen molar-refractivity contribution in [2.24, 2.45) is 0 Å². The minimum absolute atomic E-state index is 0.125. The van der Waals surface area contributed by atoms with Gasteiger partial charge in [-0.05, 0) is 143 Å². The van der Waals surface area contributed by atoms with Crippen molar-refractivity contribution in [2.45, 2.75) is 77.0 Å². The van der Waals surface area contributed by atoms with E-state index in [-0.39, 0.29) is 28.4 Å². The van der Waals surface area contributed by atoms with Gasteiger partial charge in [-0.2, -0.15) is 0 Å². The summed E-state index contributed by atoms with van der Waals surface area (Å²) in [4.78, 5) is 5.30. The van der Waals surface area contributed by atoms with Gasteiger partial charge in [-0.25, -0.2) is 0 Å². The smallest absolute Gasteiger partial charge is 0.252 e. The molecule has 0 spiro atoms. The van der Waals surface area contributed by atoms with Crippen LogP contribution in [0.25, 0.3) is 33.4 Å². The van der Waals surface area contributed by atoms with Gasteiger partial charge in [0.25, 0.3) is 6.71 Å². The van der Waals surface area contributed by atoms with Gasteiger partial charge in [-0.3, -0.25) is 0 Å². The first kappa shape index (κ1) is 55.2.